The van der Waals surface area contributed by atoms with Gasteiger partial charge in [-0.3, -0.25) is 23.7 Å². The molecule has 1 aliphatic heterocycles. The zero-order chi connectivity index (χ0) is 27.4. The summed E-state index contributed by atoms with van der Waals surface area (Å²) in [6.45, 7) is 1.04. The molecule has 1 aliphatic rings. The Labute approximate surface area is 215 Å². The number of para-hydroxylation sites is 1. The van der Waals surface area contributed by atoms with E-state index in [9.17, 15) is 23.8 Å². The van der Waals surface area contributed by atoms with Crippen LogP contribution in [0.3, 0.4) is 0 Å². The van der Waals surface area contributed by atoms with Crippen molar-refractivity contribution in [2.45, 2.75) is 44.2 Å². The number of carbonyl (C=O) groups is 1. The molecule has 1 amide bonds. The van der Waals surface area contributed by atoms with E-state index in [1.807, 2.05) is 24.3 Å². The van der Waals surface area contributed by atoms with Gasteiger partial charge in [0.1, 0.15) is 12.3 Å². The Morgan fingerprint density at radius 1 is 1.42 bits per heavy atom. The van der Waals surface area contributed by atoms with Crippen molar-refractivity contribution in [1.29, 1.82) is 0 Å². The van der Waals surface area contributed by atoms with Crippen LogP contribution in [0.4, 0.5) is 0 Å². The number of fused-ring (bicyclic) bond motifs is 1. The first-order valence-electron chi connectivity index (χ1n) is 11.7. The Hall–Kier alpha value is -3.71. The summed E-state index contributed by atoms with van der Waals surface area (Å²) in [5.74, 6) is -0.523. The van der Waals surface area contributed by atoms with Gasteiger partial charge >= 0.3 is 13.4 Å². The highest BCUT2D eigenvalue weighted by Gasteiger charge is 2.39. The standard InChI is InChI=1S/C22H27N8O7P/c1-12-10-30(22(33)26-20(12)31)19-8-16(27-29-23)18(37-19)11-36-38(34,35)28-17(21(32)24-2)7-13-9-25-15-6-4-3-5-14(13)15/h3-6,9-10,16-19,25H,7-8,11H2,1-2H3,(H,24,32)(H,26,31,33)(H2,28,34,35)/t16-,17+,18+,19+/m0/s1. The van der Waals surface area contributed by atoms with E-state index in [-0.39, 0.29) is 18.4 Å². The van der Waals surface area contributed by atoms with Gasteiger partial charge in [-0.2, -0.15) is 0 Å². The first-order valence-corrected chi connectivity index (χ1v) is 13.2. The van der Waals surface area contributed by atoms with Gasteiger partial charge in [-0.25, -0.2) is 14.4 Å². The van der Waals surface area contributed by atoms with Crippen LogP contribution in [-0.2, 0) is 25.0 Å². The molecular formula is C22H27N8O7P. The van der Waals surface area contributed by atoms with Crippen LogP contribution in [0, 0.1) is 6.92 Å². The smallest absolute Gasteiger partial charge is 0.361 e. The molecule has 1 saturated heterocycles. The zero-order valence-corrected chi connectivity index (χ0v) is 21.4. The second-order valence-electron chi connectivity index (χ2n) is 8.79. The molecule has 0 aliphatic carbocycles. The fourth-order valence-corrected chi connectivity index (χ4v) is 5.35. The highest BCUT2D eigenvalue weighted by atomic mass is 31.2. The third-order valence-corrected chi connectivity index (χ3v) is 7.39. The lowest BCUT2D eigenvalue weighted by Crippen LogP contribution is -2.43. The van der Waals surface area contributed by atoms with Crippen LogP contribution in [0.5, 0.6) is 0 Å². The Kier molecular flexibility index (Phi) is 8.17. The Balaban J connectivity index is 1.46. The molecule has 1 unspecified atom stereocenters. The molecule has 1 fully saturated rings. The molecule has 3 heterocycles. The highest BCUT2D eigenvalue weighted by molar-refractivity contribution is 7.50. The zero-order valence-electron chi connectivity index (χ0n) is 20.5. The monoisotopic (exact) mass is 546 g/mol. The molecule has 4 rings (SSSR count). The molecule has 38 heavy (non-hydrogen) atoms. The van der Waals surface area contributed by atoms with E-state index in [1.165, 1.54) is 20.2 Å². The van der Waals surface area contributed by atoms with Crippen LogP contribution in [0.2, 0.25) is 0 Å². The molecule has 202 valence electrons. The van der Waals surface area contributed by atoms with Crippen molar-refractivity contribution in [3.05, 3.63) is 79.1 Å². The maximum Gasteiger partial charge on any atom is 0.403 e. The second kappa shape index (κ2) is 11.4. The molecule has 0 spiro atoms. The Morgan fingerprint density at radius 2 is 2.18 bits per heavy atom. The second-order valence-corrected chi connectivity index (χ2v) is 10.3. The summed E-state index contributed by atoms with van der Waals surface area (Å²) in [6.07, 6.45) is 1.31. The van der Waals surface area contributed by atoms with Crippen molar-refractivity contribution in [2.24, 2.45) is 5.11 Å². The van der Waals surface area contributed by atoms with Crippen LogP contribution in [0.15, 0.2) is 51.4 Å². The van der Waals surface area contributed by atoms with E-state index in [4.69, 9.17) is 14.8 Å². The summed E-state index contributed by atoms with van der Waals surface area (Å²) in [4.78, 5) is 55.0. The van der Waals surface area contributed by atoms with Crippen molar-refractivity contribution in [3.8, 4) is 0 Å². The summed E-state index contributed by atoms with van der Waals surface area (Å²) in [5, 5.41) is 9.39. The molecule has 5 N–H and O–H groups in total. The summed E-state index contributed by atoms with van der Waals surface area (Å²) in [7, 11) is -3.15. The lowest BCUT2D eigenvalue weighted by atomic mass is 10.1. The molecule has 3 aromatic rings. The molecule has 0 saturated carbocycles. The number of ether oxygens (including phenoxy) is 1. The maximum atomic E-state index is 12.9. The number of azide groups is 1. The van der Waals surface area contributed by atoms with Gasteiger partial charge < -0.3 is 19.9 Å². The normalized spacial score (nSPS) is 21.5. The highest BCUT2D eigenvalue weighted by Crippen LogP contribution is 2.40. The van der Waals surface area contributed by atoms with E-state index in [0.29, 0.717) is 0 Å². The molecule has 1 aromatic carbocycles. The number of rotatable bonds is 10. The predicted octanol–water partition coefficient (Wildman–Crippen LogP) is 1.36. The third-order valence-electron chi connectivity index (χ3n) is 6.25. The van der Waals surface area contributed by atoms with Gasteiger partial charge in [-0.05, 0) is 30.5 Å². The number of hydrogen-bond donors (Lipinski definition) is 5. The number of aromatic nitrogens is 3. The van der Waals surface area contributed by atoms with Gasteiger partial charge in [0.25, 0.3) is 5.56 Å². The van der Waals surface area contributed by atoms with Crippen LogP contribution < -0.4 is 21.7 Å². The molecule has 15 nitrogen and oxygen atoms in total. The van der Waals surface area contributed by atoms with Gasteiger partial charge in [-0.1, -0.05) is 23.3 Å². The van der Waals surface area contributed by atoms with Gasteiger partial charge in [0.05, 0.1) is 18.8 Å². The number of nitrogens with zero attached hydrogens (tertiary/aromatic N) is 4. The molecule has 5 atom stereocenters. The van der Waals surface area contributed by atoms with Gasteiger partial charge in [0.2, 0.25) is 5.91 Å². The average Bonchev–Trinajstić information content (AvgIpc) is 3.48. The lowest BCUT2D eigenvalue weighted by Gasteiger charge is -2.23. The molecule has 2 aromatic heterocycles. The predicted molar refractivity (Wildman–Crippen MR) is 136 cm³/mol. The van der Waals surface area contributed by atoms with Gasteiger partial charge in [0.15, 0.2) is 0 Å². The number of hydrogen-bond acceptors (Lipinski definition) is 7. The number of amides is 1. The first kappa shape index (κ1) is 27.3. The summed E-state index contributed by atoms with van der Waals surface area (Å²) in [6, 6.07) is 5.52. The molecule has 0 bridgehead atoms. The number of H-pyrrole nitrogens is 2. The van der Waals surface area contributed by atoms with Crippen LogP contribution in [-0.4, -0.2) is 57.2 Å². The number of aryl methyl sites for hydroxylation is 1. The number of carbonyl (C=O) groups excluding carboxylic acids is 1. The molecule has 16 heteroatoms. The van der Waals surface area contributed by atoms with Crippen molar-refractivity contribution in [1.82, 2.24) is 24.9 Å². The van der Waals surface area contributed by atoms with E-state index >= 15 is 0 Å². The Morgan fingerprint density at radius 3 is 2.92 bits per heavy atom. The molecule has 0 radical (unpaired) electrons. The number of aromatic amines is 2. The van der Waals surface area contributed by atoms with Crippen molar-refractivity contribution in [3.63, 3.8) is 0 Å². The van der Waals surface area contributed by atoms with E-state index in [2.05, 4.69) is 30.4 Å². The van der Waals surface area contributed by atoms with Crippen LogP contribution >= 0.6 is 7.75 Å². The summed E-state index contributed by atoms with van der Waals surface area (Å²) >= 11 is 0. The minimum absolute atomic E-state index is 0.0636. The van der Waals surface area contributed by atoms with E-state index < -0.39 is 55.9 Å². The van der Waals surface area contributed by atoms with E-state index in [0.717, 1.165) is 21.0 Å². The van der Waals surface area contributed by atoms with Crippen molar-refractivity contribution >= 4 is 24.6 Å². The minimum atomic E-state index is -4.56. The number of likely N-dealkylation sites (N-methyl/N-ethyl adjacent to an activating group) is 1. The SMILES string of the molecule is CNC(=O)[C@@H](Cc1c[nH]c2ccccc12)NP(=O)(O)OC[C@H]1O[C@@H](n2cc(C)c(=O)[nH]c2=O)C[C@@H]1N=[N+]=[N-]. The van der Waals surface area contributed by atoms with Gasteiger partial charge in [0, 0.05) is 47.2 Å². The topological polar surface area (TPSA) is 216 Å². The maximum absolute atomic E-state index is 12.9. The average molecular weight is 546 g/mol. The molecular weight excluding hydrogens is 519 g/mol. The largest absolute Gasteiger partial charge is 0.403 e. The van der Waals surface area contributed by atoms with Crippen LogP contribution in [0.25, 0.3) is 21.3 Å². The third kappa shape index (κ3) is 6.05. The fourth-order valence-electron chi connectivity index (χ4n) is 4.32. The minimum Gasteiger partial charge on any atom is -0.361 e. The van der Waals surface area contributed by atoms with Crippen molar-refractivity contribution < 1.29 is 23.5 Å². The Bertz CT molecular complexity index is 1540. The summed E-state index contributed by atoms with van der Waals surface area (Å²) < 4.78 is 25.1. The van der Waals surface area contributed by atoms with Crippen molar-refractivity contribution in [2.75, 3.05) is 13.7 Å². The van der Waals surface area contributed by atoms with Crippen LogP contribution in [0.1, 0.15) is 23.8 Å². The quantitative estimate of drug-likeness (QED) is 0.108. The summed E-state index contributed by atoms with van der Waals surface area (Å²) in [5.41, 5.74) is 9.58. The number of nitrogens with one attached hydrogen (secondary N) is 4. The lowest BCUT2D eigenvalue weighted by molar-refractivity contribution is -0.122. The first-order chi connectivity index (χ1) is 18.1. The van der Waals surface area contributed by atoms with Gasteiger partial charge in [-0.15, -0.1) is 0 Å². The number of benzene rings is 1. The fraction of sp³-hybridized carbons (Fsp3) is 0.409. The van der Waals surface area contributed by atoms with E-state index in [1.54, 1.807) is 6.20 Å².